The van der Waals surface area contributed by atoms with Crippen LogP contribution in [0.4, 0.5) is 0 Å². The van der Waals surface area contributed by atoms with Crippen molar-refractivity contribution >= 4 is 68.1 Å². The Bertz CT molecular complexity index is 3910. The molecular formula is C123H190Cl8Zr4. The van der Waals surface area contributed by atoms with Gasteiger partial charge >= 0.3 is 151 Å². The summed E-state index contributed by atoms with van der Waals surface area (Å²) in [5.74, 6) is 21.2. The van der Waals surface area contributed by atoms with Gasteiger partial charge in [-0.05, 0) is 330 Å². The average molecular weight is 2320 g/mol. The van der Waals surface area contributed by atoms with Gasteiger partial charge in [0, 0.05) is 0 Å². The third-order valence-electron chi connectivity index (χ3n) is 35.4. The Labute approximate surface area is 912 Å². The van der Waals surface area contributed by atoms with Crippen LogP contribution in [0.25, 0.3) is 0 Å². The maximum absolute atomic E-state index is 4.93. The first kappa shape index (κ1) is 134. The van der Waals surface area contributed by atoms with Gasteiger partial charge in [-0.2, -0.15) is 0 Å². The van der Waals surface area contributed by atoms with Crippen molar-refractivity contribution in [3.63, 3.8) is 0 Å². The van der Waals surface area contributed by atoms with E-state index in [9.17, 15) is 0 Å². The Morgan fingerprint density at radius 2 is 0.452 bits per heavy atom. The van der Waals surface area contributed by atoms with Crippen LogP contribution in [0.15, 0.2) is 243 Å². The Balaban J connectivity index is 0.000000852. The van der Waals surface area contributed by atoms with Gasteiger partial charge in [0.15, 0.2) is 0 Å². The SMILES string of the molecule is C=CCCC1CCC(C(C)(C)C2C3C=C(C)C=CC3C3C=CC(C(C)(C)C)=CC32)C1.C=CCCC1CCC(C(C)(C)C2C3C=CC=CC3C3C=CC=CC32)C1.C=CCCCC1CCC(C(C)(C)C2C3C=C(C(C)(C)C)C=CC3C3C=CC(C(C)(C)C)=CC32)C1.C=CCCCC1CCC(C(C)(C)C2C3C=CC=CC3C3C=CC=CC32)C1.[CH3-].[CH3-].[CH3-].[CH3-].[CH3-].[CH3-].[CH3-].[CH3-].[Cl][Zr+2][Cl].[Cl][Zr+2][Cl].[Cl][Zr+2][Cl].[Cl][Zr+2][Cl]. The Morgan fingerprint density at radius 3 is 0.674 bits per heavy atom. The van der Waals surface area contributed by atoms with Crippen LogP contribution in [-0.2, 0) is 83.4 Å². The second kappa shape index (κ2) is 62.2. The van der Waals surface area contributed by atoms with Crippen LogP contribution in [0.1, 0.15) is 266 Å². The van der Waals surface area contributed by atoms with Crippen molar-refractivity contribution in [2.24, 2.45) is 204 Å². The van der Waals surface area contributed by atoms with E-state index in [4.69, 9.17) is 68.1 Å². The van der Waals surface area contributed by atoms with Gasteiger partial charge in [-0.3, -0.25) is 0 Å². The van der Waals surface area contributed by atoms with E-state index in [0.29, 0.717) is 98.6 Å². The van der Waals surface area contributed by atoms with E-state index in [0.717, 1.165) is 88.8 Å². The van der Waals surface area contributed by atoms with Gasteiger partial charge in [-0.15, -0.1) is 26.3 Å². The zero-order valence-corrected chi connectivity index (χ0v) is 105. The van der Waals surface area contributed by atoms with Gasteiger partial charge in [-0.25, -0.2) is 0 Å². The Morgan fingerprint density at radius 1 is 0.259 bits per heavy atom. The summed E-state index contributed by atoms with van der Waals surface area (Å²) in [4.78, 5) is 0. The molecule has 0 bridgehead atoms. The fourth-order valence-corrected chi connectivity index (χ4v) is 28.9. The van der Waals surface area contributed by atoms with Gasteiger partial charge in [-0.1, -0.05) is 356 Å². The van der Waals surface area contributed by atoms with Crippen LogP contribution in [0.3, 0.4) is 0 Å². The van der Waals surface area contributed by atoms with Gasteiger partial charge in [0.1, 0.15) is 0 Å². The molecule has 12 heteroatoms. The predicted octanol–water partition coefficient (Wildman–Crippen LogP) is 41.5. The van der Waals surface area contributed by atoms with Crippen LogP contribution in [0.2, 0.25) is 0 Å². The standard InChI is InChI=1S/C34H52.C30H44.C26H36.C25H34.8CH3.8ClH.4Zr/c1-10-11-12-13-23-14-15-26(20-23)34(8,9)31-29-21-24(32(2,3)4)16-18-27(29)28-19-17-25(22-30(28)31)33(5,6)7;1-8-9-10-21-12-13-23(18-21)30(6,7)28-26-17-20(2)11-15-24(26)25-16-14-22(19-27(25)28)29(3,4)5;1-4-5-6-11-19-16-17-20(18-19)26(2,3)25-23-14-9-7-12-21(23)22-13-8-10-15-24(22)25;1-4-5-10-18-15-16-19(17-18)25(2,3)24-22-13-8-6-11-20(22)21-12-7-9-14-23(21)24;;;;;;;;;;;;;;;;;;;;/h10,16-19,21-23,26-31H,1,11-15,20H2,2-9H3;8,11,14-17,19,21,23-28H,1,9-10,12-13,18H2,2-7H3;4,7-10,12-15,19-25H,1,5-6,11,16-18H2,2-3H3;4,6-9,11-14,18-24H,1,5,10,15-17H2,2-3H3;8*1H3;8*1H;;;;/q;;;;8*-1;;;;;;;;;4*+4/p-8. The molecule has 16 aliphatic carbocycles. The summed E-state index contributed by atoms with van der Waals surface area (Å²) in [5, 5.41) is 0. The minimum atomic E-state index is -0.826. The fraction of sp³-hybridized carbons (Fsp3) is 0.610. The monoisotopic (exact) mass is 2310 g/mol. The summed E-state index contributed by atoms with van der Waals surface area (Å²) in [6, 6.07) is 0. The first-order valence-electron chi connectivity index (χ1n) is 49.6. The Hall–Kier alpha value is 0.652. The Kier molecular flexibility index (Phi) is 61.6. The van der Waals surface area contributed by atoms with Crippen LogP contribution in [0, 0.1) is 263 Å². The molecule has 0 amide bonds. The third-order valence-corrected chi connectivity index (χ3v) is 35.4. The summed E-state index contributed by atoms with van der Waals surface area (Å²) in [6.07, 6.45) is 108. The average Bonchev–Trinajstić information content (AvgIpc) is 1.57. The molecule has 16 rings (SSSR count). The second-order valence-corrected chi connectivity index (χ2v) is 61.6. The summed E-state index contributed by atoms with van der Waals surface area (Å²) < 4.78 is 0. The fourth-order valence-electron chi connectivity index (χ4n) is 28.9. The predicted molar refractivity (Wildman–Crippen MR) is 599 cm³/mol. The van der Waals surface area contributed by atoms with Crippen molar-refractivity contribution in [3.8, 4) is 0 Å². The van der Waals surface area contributed by atoms with Crippen molar-refractivity contribution in [2.45, 2.75) is 266 Å². The molecule has 0 spiro atoms. The van der Waals surface area contributed by atoms with Crippen molar-refractivity contribution in [1.82, 2.24) is 0 Å². The number of allylic oxidation sites excluding steroid dienone is 36. The van der Waals surface area contributed by atoms with Crippen LogP contribution < -0.4 is 0 Å². The number of rotatable bonds is 22. The van der Waals surface area contributed by atoms with E-state index < -0.39 is 83.4 Å². The zero-order chi connectivity index (χ0) is 93.0. The molecule has 16 aliphatic rings. The van der Waals surface area contributed by atoms with E-state index in [1.807, 2.05) is 0 Å². The molecule has 0 nitrogen and oxygen atoms in total. The molecule has 8 fully saturated rings. The first-order chi connectivity index (χ1) is 60.4. The molecule has 754 valence electrons. The molecule has 0 aliphatic heterocycles. The number of hydrogen-bond donors (Lipinski definition) is 0. The number of unbranched alkanes of at least 4 members (excludes halogenated alkanes) is 2. The van der Waals surface area contributed by atoms with E-state index in [1.54, 1.807) is 16.7 Å². The van der Waals surface area contributed by atoms with Gasteiger partial charge in [0.2, 0.25) is 0 Å². The summed E-state index contributed by atoms with van der Waals surface area (Å²) in [5.41, 5.74) is 8.33. The van der Waals surface area contributed by atoms with E-state index in [1.165, 1.54) is 147 Å². The number of fused-ring (bicyclic) bond motifs is 12. The van der Waals surface area contributed by atoms with E-state index in [-0.39, 0.29) is 75.7 Å². The molecule has 0 aromatic heterocycles. The third kappa shape index (κ3) is 33.8. The molecule has 25 atom stereocenters. The first-order valence-corrected chi connectivity index (χ1v) is 75.0. The molecular weight excluding hydrogens is 2130 g/mol. The molecule has 0 radical (unpaired) electrons. The quantitative estimate of drug-likeness (QED) is 0.0576. The minimum absolute atomic E-state index is 0. The van der Waals surface area contributed by atoms with Crippen LogP contribution in [-0.4, -0.2) is 0 Å². The van der Waals surface area contributed by atoms with Crippen LogP contribution in [0.5, 0.6) is 0 Å². The summed E-state index contributed by atoms with van der Waals surface area (Å²) in [7, 11) is 39.5. The topological polar surface area (TPSA) is 0 Å². The molecule has 0 heterocycles. The zero-order valence-electron chi connectivity index (χ0n) is 89.5. The van der Waals surface area contributed by atoms with Crippen molar-refractivity contribution in [3.05, 3.63) is 302 Å². The number of halogens is 8. The van der Waals surface area contributed by atoms with Crippen molar-refractivity contribution in [2.75, 3.05) is 0 Å². The van der Waals surface area contributed by atoms with Crippen molar-refractivity contribution in [1.29, 1.82) is 0 Å². The molecule has 0 saturated heterocycles. The molecule has 0 aromatic rings. The van der Waals surface area contributed by atoms with E-state index >= 15 is 0 Å². The molecule has 25 unspecified atom stereocenters. The van der Waals surface area contributed by atoms with E-state index in [2.05, 4.69) is 345 Å². The van der Waals surface area contributed by atoms with Crippen molar-refractivity contribution < 1.29 is 83.4 Å². The van der Waals surface area contributed by atoms with Crippen LogP contribution >= 0.6 is 68.1 Å². The second-order valence-electron chi connectivity index (χ2n) is 46.6. The molecule has 8 saturated carbocycles. The number of hydrogen-bond acceptors (Lipinski definition) is 0. The molecule has 0 N–H and O–H groups in total. The normalized spacial score (nSPS) is 33.3. The maximum atomic E-state index is 4.93. The summed E-state index contributed by atoms with van der Waals surface area (Å²) >= 11 is -3.30. The summed E-state index contributed by atoms with van der Waals surface area (Å²) in [6.45, 7) is 60.3. The molecule has 0 aromatic carbocycles. The molecule has 135 heavy (non-hydrogen) atoms. The van der Waals surface area contributed by atoms with Gasteiger partial charge in [0.25, 0.3) is 0 Å². The van der Waals surface area contributed by atoms with Gasteiger partial charge in [0.05, 0.1) is 0 Å². The van der Waals surface area contributed by atoms with Gasteiger partial charge < -0.3 is 59.4 Å².